The molecule has 1 rings (SSSR count). The molecule has 0 unspecified atom stereocenters. The minimum Gasteiger partial charge on any atom is -0.748 e. The molecule has 1 fully saturated rings. The summed E-state index contributed by atoms with van der Waals surface area (Å²) in [5.41, 5.74) is 0. The van der Waals surface area contributed by atoms with E-state index in [2.05, 4.69) is 10.6 Å². The highest BCUT2D eigenvalue weighted by Crippen LogP contribution is 2.19. The summed E-state index contributed by atoms with van der Waals surface area (Å²) in [5.74, 6) is -0.677. The smallest absolute Gasteiger partial charge is 0.168 e. The molecule has 0 aromatic heterocycles. The van der Waals surface area contributed by atoms with Crippen molar-refractivity contribution in [1.82, 2.24) is 10.6 Å². The quantitative estimate of drug-likeness (QED) is 0.211. The average Bonchev–Trinajstić information content (AvgIpc) is 2.38. The Morgan fingerprint density at radius 2 is 1.86 bits per heavy atom. The van der Waals surface area contributed by atoms with E-state index in [1.54, 1.807) is 0 Å². The molecule has 0 aromatic rings. The van der Waals surface area contributed by atoms with Crippen molar-refractivity contribution < 1.29 is 38.1 Å². The van der Waals surface area contributed by atoms with Gasteiger partial charge < -0.3 is 40.3 Å². The van der Waals surface area contributed by atoms with Gasteiger partial charge in [0, 0.05) is 6.54 Å². The van der Waals surface area contributed by atoms with Crippen LogP contribution in [0.25, 0.3) is 0 Å². The van der Waals surface area contributed by atoms with Crippen LogP contribution in [0.15, 0.2) is 0 Å². The first kappa shape index (κ1) is 18.4. The summed E-state index contributed by atoms with van der Waals surface area (Å²) in [6, 6.07) is 0. The minimum absolute atomic E-state index is 0.122. The molecule has 0 bridgehead atoms. The highest BCUT2D eigenvalue weighted by molar-refractivity contribution is 7.85. The molecule has 0 radical (unpaired) electrons. The predicted octanol–water partition coefficient (Wildman–Crippen LogP) is -4.20. The number of rotatable bonds is 5. The fraction of sp³-hybridized carbons (Fsp3) is 0.889. The molecule has 0 aliphatic carbocycles. The maximum absolute atomic E-state index is 10.4. The Morgan fingerprint density at radius 1 is 1.24 bits per heavy atom. The van der Waals surface area contributed by atoms with Gasteiger partial charge in [0.1, 0.15) is 24.4 Å². The molecule has 1 saturated heterocycles. The lowest BCUT2D eigenvalue weighted by Crippen LogP contribution is -2.64. The maximum Gasteiger partial charge on any atom is 0.168 e. The van der Waals surface area contributed by atoms with Crippen LogP contribution in [0.4, 0.5) is 0 Å². The Kier molecular flexibility index (Phi) is 6.68. The van der Waals surface area contributed by atoms with Crippen molar-refractivity contribution in [3.05, 3.63) is 0 Å². The molecule has 10 nitrogen and oxygen atoms in total. The Bertz CT molecular complexity index is 457. The van der Waals surface area contributed by atoms with Crippen molar-refractivity contribution in [1.29, 1.82) is 0 Å². The van der Waals surface area contributed by atoms with E-state index in [4.69, 9.17) is 22.1 Å². The zero-order valence-electron chi connectivity index (χ0n) is 10.7. The lowest BCUT2D eigenvalue weighted by molar-refractivity contribution is -0.232. The van der Waals surface area contributed by atoms with Gasteiger partial charge in [0.05, 0.1) is 22.5 Å². The van der Waals surface area contributed by atoms with E-state index < -0.39 is 53.1 Å². The lowest BCUT2D eigenvalue weighted by atomic mass is 9.98. The summed E-state index contributed by atoms with van der Waals surface area (Å²) in [7, 11) is -4.38. The van der Waals surface area contributed by atoms with Crippen LogP contribution in [-0.2, 0) is 14.9 Å². The number of hydrogen-bond acceptors (Lipinski definition) is 9. The van der Waals surface area contributed by atoms with Crippen molar-refractivity contribution in [2.75, 3.05) is 18.9 Å². The SMILES string of the molecule is O=S(=O)([O-])CCNC(=S)N[C@@H]1O[C@H](CO)[C@@H](O)[C@H](O)[C@H]1O. The number of ether oxygens (including phenoxy) is 1. The lowest BCUT2D eigenvalue weighted by Gasteiger charge is -2.40. The third-order valence-corrected chi connectivity index (χ3v) is 3.77. The van der Waals surface area contributed by atoms with Crippen LogP contribution in [-0.4, -0.2) is 88.1 Å². The predicted molar refractivity (Wildman–Crippen MR) is 72.1 cm³/mol. The van der Waals surface area contributed by atoms with E-state index in [9.17, 15) is 28.3 Å². The summed E-state index contributed by atoms with van der Waals surface area (Å²) in [6.07, 6.45) is -6.88. The highest BCUT2D eigenvalue weighted by Gasteiger charge is 2.43. The van der Waals surface area contributed by atoms with Crippen molar-refractivity contribution in [3.63, 3.8) is 0 Å². The summed E-state index contributed by atoms with van der Waals surface area (Å²) in [6.45, 7) is -0.827. The van der Waals surface area contributed by atoms with E-state index in [0.29, 0.717) is 0 Å². The number of nitrogens with one attached hydrogen (secondary N) is 2. The normalized spacial score (nSPS) is 33.5. The molecule has 1 heterocycles. The van der Waals surface area contributed by atoms with Crippen LogP contribution in [0.2, 0.25) is 0 Å². The largest absolute Gasteiger partial charge is 0.748 e. The molecule has 12 heteroatoms. The molecular formula is C9H17N2O8S2-. The molecule has 0 amide bonds. The molecule has 0 saturated carbocycles. The summed E-state index contributed by atoms with van der Waals surface area (Å²) >= 11 is 4.80. The second kappa shape index (κ2) is 7.60. The van der Waals surface area contributed by atoms with Crippen molar-refractivity contribution in [2.45, 2.75) is 30.6 Å². The average molecular weight is 345 g/mol. The van der Waals surface area contributed by atoms with Gasteiger partial charge in [-0.05, 0) is 12.2 Å². The molecule has 0 aromatic carbocycles. The van der Waals surface area contributed by atoms with Gasteiger partial charge in [0.2, 0.25) is 0 Å². The van der Waals surface area contributed by atoms with Crippen LogP contribution in [0.3, 0.4) is 0 Å². The molecular weight excluding hydrogens is 328 g/mol. The van der Waals surface area contributed by atoms with Gasteiger partial charge in [-0.25, -0.2) is 8.42 Å². The molecule has 0 spiro atoms. The van der Waals surface area contributed by atoms with Crippen LogP contribution in [0.5, 0.6) is 0 Å². The Hall–Kier alpha value is -0.600. The van der Waals surface area contributed by atoms with Crippen LogP contribution in [0.1, 0.15) is 0 Å². The minimum atomic E-state index is -4.38. The van der Waals surface area contributed by atoms with E-state index in [-0.39, 0.29) is 11.7 Å². The first-order chi connectivity index (χ1) is 9.65. The fourth-order valence-corrected chi connectivity index (χ4v) is 2.26. The van der Waals surface area contributed by atoms with E-state index >= 15 is 0 Å². The van der Waals surface area contributed by atoms with Gasteiger partial charge in [0.25, 0.3) is 0 Å². The maximum atomic E-state index is 10.4. The van der Waals surface area contributed by atoms with E-state index in [1.165, 1.54) is 0 Å². The molecule has 21 heavy (non-hydrogen) atoms. The number of hydrogen-bond donors (Lipinski definition) is 6. The second-order valence-corrected chi connectivity index (χ2v) is 6.34. The van der Waals surface area contributed by atoms with Gasteiger partial charge in [-0.3, -0.25) is 0 Å². The van der Waals surface area contributed by atoms with Gasteiger partial charge in [0.15, 0.2) is 11.3 Å². The van der Waals surface area contributed by atoms with E-state index in [1.807, 2.05) is 0 Å². The van der Waals surface area contributed by atoms with Gasteiger partial charge in [-0.2, -0.15) is 0 Å². The van der Waals surface area contributed by atoms with Crippen molar-refractivity contribution >= 4 is 27.4 Å². The highest BCUT2D eigenvalue weighted by atomic mass is 32.2. The van der Waals surface area contributed by atoms with Crippen LogP contribution >= 0.6 is 12.2 Å². The molecule has 1 aliphatic heterocycles. The summed E-state index contributed by atoms with van der Waals surface area (Å²) in [5, 5.41) is 42.5. The summed E-state index contributed by atoms with van der Waals surface area (Å²) in [4.78, 5) is 0. The Labute approximate surface area is 126 Å². The third-order valence-electron chi connectivity index (χ3n) is 2.80. The molecule has 1 aliphatic rings. The molecule has 124 valence electrons. The number of aliphatic hydroxyl groups is 4. The second-order valence-electron chi connectivity index (χ2n) is 4.41. The van der Waals surface area contributed by atoms with Gasteiger partial charge in [-0.15, -0.1) is 0 Å². The third kappa shape index (κ3) is 5.60. The van der Waals surface area contributed by atoms with Crippen LogP contribution in [0, 0.1) is 0 Å². The first-order valence-electron chi connectivity index (χ1n) is 5.94. The topological polar surface area (TPSA) is 171 Å². The monoisotopic (exact) mass is 345 g/mol. The zero-order valence-corrected chi connectivity index (χ0v) is 12.4. The Balaban J connectivity index is 2.50. The number of thiocarbonyl (C=S) groups is 1. The molecule has 5 atom stereocenters. The standard InChI is InChI=1S/C9H18N2O8S2/c12-3-4-5(13)6(14)7(15)8(19-4)11-9(20)10-1-2-21(16,17)18/h4-8,12-15H,1-3H2,(H2,10,11,20)(H,16,17,18)/p-1/t4-,5-,6+,7-,8-/m1/s1. The number of aliphatic hydroxyl groups excluding tert-OH is 4. The van der Waals surface area contributed by atoms with Crippen molar-refractivity contribution in [2.24, 2.45) is 0 Å². The van der Waals surface area contributed by atoms with E-state index in [0.717, 1.165) is 0 Å². The Morgan fingerprint density at radius 3 is 2.38 bits per heavy atom. The van der Waals surface area contributed by atoms with Gasteiger partial charge in [-0.1, -0.05) is 0 Å². The zero-order chi connectivity index (χ0) is 16.2. The van der Waals surface area contributed by atoms with Crippen molar-refractivity contribution in [3.8, 4) is 0 Å². The first-order valence-corrected chi connectivity index (χ1v) is 7.92. The molecule has 6 N–H and O–H groups in total. The van der Waals surface area contributed by atoms with Crippen LogP contribution < -0.4 is 10.6 Å². The van der Waals surface area contributed by atoms with Gasteiger partial charge >= 0.3 is 0 Å². The summed E-state index contributed by atoms with van der Waals surface area (Å²) < 4.78 is 36.3. The fourth-order valence-electron chi connectivity index (χ4n) is 1.69.